The molecular weight excluding hydrogens is 362 g/mol. The van der Waals surface area contributed by atoms with Gasteiger partial charge >= 0.3 is 0 Å². The molecule has 1 aromatic carbocycles. The van der Waals surface area contributed by atoms with Crippen LogP contribution >= 0.6 is 11.8 Å². The quantitative estimate of drug-likeness (QED) is 0.666. The van der Waals surface area contributed by atoms with Gasteiger partial charge < -0.3 is 14.8 Å². The molecule has 146 valence electrons. The average molecular weight is 390 g/mol. The summed E-state index contributed by atoms with van der Waals surface area (Å²) in [6, 6.07) is 8.03. The summed E-state index contributed by atoms with van der Waals surface area (Å²) < 4.78 is 2.00. The van der Waals surface area contributed by atoms with Gasteiger partial charge in [-0.2, -0.15) is 0 Å². The van der Waals surface area contributed by atoms with Crippen LogP contribution in [0.2, 0.25) is 0 Å². The largest absolute Gasteiger partial charge is 0.346 e. The normalized spacial score (nSPS) is 10.7. The van der Waals surface area contributed by atoms with Crippen LogP contribution in [-0.4, -0.2) is 56.9 Å². The Morgan fingerprint density at radius 3 is 2.48 bits per heavy atom. The second-order valence-electron chi connectivity index (χ2n) is 6.00. The Balaban J connectivity index is 1.97. The highest BCUT2D eigenvalue weighted by molar-refractivity contribution is 7.99. The Labute approximate surface area is 164 Å². The Kier molecular flexibility index (Phi) is 7.84. The van der Waals surface area contributed by atoms with Crippen molar-refractivity contribution in [2.24, 2.45) is 0 Å². The second kappa shape index (κ2) is 10.1. The molecule has 27 heavy (non-hydrogen) atoms. The maximum Gasteiger partial charge on any atom is 0.241 e. The van der Waals surface area contributed by atoms with E-state index in [0.29, 0.717) is 24.8 Å². The van der Waals surface area contributed by atoms with Gasteiger partial charge in [-0.1, -0.05) is 36.0 Å². The summed E-state index contributed by atoms with van der Waals surface area (Å²) in [7, 11) is 0. The molecule has 2 aromatic rings. The number of hydrogen-bond donors (Lipinski definition) is 1. The number of likely N-dealkylation sites (N-methyl/N-ethyl adjacent to an activating group) is 1. The number of thioether (sulfide) groups is 1. The molecule has 0 aliphatic heterocycles. The van der Waals surface area contributed by atoms with E-state index >= 15 is 0 Å². The van der Waals surface area contributed by atoms with Gasteiger partial charge in [0.05, 0.1) is 12.3 Å². The number of carbonyl (C=O) groups excluding carboxylic acids is 2. The fourth-order valence-electron chi connectivity index (χ4n) is 2.75. The zero-order valence-electron chi connectivity index (χ0n) is 16.4. The van der Waals surface area contributed by atoms with E-state index in [0.717, 1.165) is 17.0 Å². The van der Waals surface area contributed by atoms with Crippen molar-refractivity contribution in [3.63, 3.8) is 0 Å². The smallest absolute Gasteiger partial charge is 0.241 e. The van der Waals surface area contributed by atoms with E-state index in [9.17, 15) is 9.59 Å². The minimum atomic E-state index is -0.191. The molecule has 0 radical (unpaired) electrons. The van der Waals surface area contributed by atoms with Crippen LogP contribution in [0.25, 0.3) is 11.4 Å². The van der Waals surface area contributed by atoms with Crippen LogP contribution in [0.5, 0.6) is 0 Å². The van der Waals surface area contributed by atoms with Crippen molar-refractivity contribution < 1.29 is 9.59 Å². The zero-order valence-corrected chi connectivity index (χ0v) is 17.2. The molecule has 1 heterocycles. The van der Waals surface area contributed by atoms with Crippen LogP contribution in [0.4, 0.5) is 0 Å². The summed E-state index contributed by atoms with van der Waals surface area (Å²) in [6.45, 7) is 9.92. The number of hydrogen-bond acceptors (Lipinski definition) is 5. The van der Waals surface area contributed by atoms with Crippen molar-refractivity contribution in [3.05, 3.63) is 29.8 Å². The summed E-state index contributed by atoms with van der Waals surface area (Å²) in [4.78, 5) is 25.7. The number of benzene rings is 1. The molecule has 0 fully saturated rings. The first kappa shape index (κ1) is 21.0. The van der Waals surface area contributed by atoms with Crippen LogP contribution in [0.3, 0.4) is 0 Å². The summed E-state index contributed by atoms with van der Waals surface area (Å²) in [5, 5.41) is 11.9. The lowest BCUT2D eigenvalue weighted by molar-refractivity contribution is -0.132. The molecule has 0 aliphatic carbocycles. The van der Waals surface area contributed by atoms with Gasteiger partial charge in [0, 0.05) is 25.2 Å². The third kappa shape index (κ3) is 5.32. The number of amides is 2. The third-order valence-corrected chi connectivity index (χ3v) is 5.27. The van der Waals surface area contributed by atoms with Crippen molar-refractivity contribution in [1.82, 2.24) is 25.0 Å². The van der Waals surface area contributed by atoms with Crippen LogP contribution in [-0.2, 0) is 16.1 Å². The average Bonchev–Trinajstić information content (AvgIpc) is 3.08. The summed E-state index contributed by atoms with van der Waals surface area (Å²) in [5.74, 6) is 0.730. The highest BCUT2D eigenvalue weighted by Gasteiger charge is 2.16. The summed E-state index contributed by atoms with van der Waals surface area (Å²) in [6.07, 6.45) is 0. The van der Waals surface area contributed by atoms with E-state index < -0.39 is 0 Å². The predicted molar refractivity (Wildman–Crippen MR) is 108 cm³/mol. The van der Waals surface area contributed by atoms with E-state index in [2.05, 4.69) is 15.5 Å². The van der Waals surface area contributed by atoms with Crippen molar-refractivity contribution in [2.45, 2.75) is 39.4 Å². The van der Waals surface area contributed by atoms with Gasteiger partial charge in [0.1, 0.15) is 0 Å². The van der Waals surface area contributed by atoms with Crippen molar-refractivity contribution in [2.75, 3.05) is 25.4 Å². The highest BCUT2D eigenvalue weighted by atomic mass is 32.2. The number of aryl methyl sites for hydroxylation is 1. The SMILES string of the molecule is CCN(CC)C(=O)CNC(=O)CSc1nnc(-c2ccccc2C)n1CC. The molecular formula is C19H27N5O2S. The third-order valence-electron chi connectivity index (χ3n) is 4.30. The van der Waals surface area contributed by atoms with E-state index in [4.69, 9.17) is 0 Å². The first-order chi connectivity index (χ1) is 13.0. The molecule has 0 saturated heterocycles. The fraction of sp³-hybridized carbons (Fsp3) is 0.474. The second-order valence-corrected chi connectivity index (χ2v) is 6.94. The highest BCUT2D eigenvalue weighted by Crippen LogP contribution is 2.26. The van der Waals surface area contributed by atoms with E-state index in [-0.39, 0.29) is 24.1 Å². The summed E-state index contributed by atoms with van der Waals surface area (Å²) in [5.41, 5.74) is 2.16. The number of carbonyl (C=O) groups is 2. The van der Waals surface area contributed by atoms with Crippen molar-refractivity contribution in [3.8, 4) is 11.4 Å². The number of nitrogens with zero attached hydrogens (tertiary/aromatic N) is 4. The van der Waals surface area contributed by atoms with Crippen LogP contribution in [0.1, 0.15) is 26.3 Å². The van der Waals surface area contributed by atoms with Gasteiger partial charge in [-0.05, 0) is 33.3 Å². The molecule has 7 nitrogen and oxygen atoms in total. The molecule has 1 N–H and O–H groups in total. The van der Waals surface area contributed by atoms with Gasteiger partial charge in [0.15, 0.2) is 11.0 Å². The minimum absolute atomic E-state index is 0.0238. The molecule has 2 amide bonds. The molecule has 0 bridgehead atoms. The maximum atomic E-state index is 12.1. The van der Waals surface area contributed by atoms with E-state index in [1.165, 1.54) is 11.8 Å². The van der Waals surface area contributed by atoms with Crippen LogP contribution in [0, 0.1) is 6.92 Å². The van der Waals surface area contributed by atoms with Crippen LogP contribution < -0.4 is 5.32 Å². The Bertz CT molecular complexity index is 786. The molecule has 8 heteroatoms. The molecule has 2 rings (SSSR count). The van der Waals surface area contributed by atoms with Gasteiger partial charge in [-0.3, -0.25) is 9.59 Å². The van der Waals surface area contributed by atoms with Crippen molar-refractivity contribution >= 4 is 23.6 Å². The molecule has 0 aliphatic rings. The molecule has 0 atom stereocenters. The fourth-order valence-corrected chi connectivity index (χ4v) is 3.58. The molecule has 0 unspecified atom stereocenters. The minimum Gasteiger partial charge on any atom is -0.346 e. The Morgan fingerprint density at radius 1 is 1.15 bits per heavy atom. The Morgan fingerprint density at radius 2 is 1.85 bits per heavy atom. The van der Waals surface area contributed by atoms with Gasteiger partial charge in [-0.15, -0.1) is 10.2 Å². The first-order valence-corrected chi connectivity index (χ1v) is 10.2. The number of aromatic nitrogens is 3. The van der Waals surface area contributed by atoms with Gasteiger partial charge in [0.25, 0.3) is 0 Å². The predicted octanol–water partition coefficient (Wildman–Crippen LogP) is 2.35. The zero-order chi connectivity index (χ0) is 19.8. The van der Waals surface area contributed by atoms with Crippen molar-refractivity contribution in [1.29, 1.82) is 0 Å². The monoisotopic (exact) mass is 389 g/mol. The lowest BCUT2D eigenvalue weighted by Crippen LogP contribution is -2.40. The standard InChI is InChI=1S/C19H27N5O2S/c1-5-23(6-2)17(26)12-20-16(25)13-27-19-22-21-18(24(19)7-3)15-11-9-8-10-14(15)4/h8-11H,5-7,12-13H2,1-4H3,(H,20,25). The van der Waals surface area contributed by atoms with Crippen LogP contribution in [0.15, 0.2) is 29.4 Å². The molecule has 0 saturated carbocycles. The molecule has 0 spiro atoms. The molecule has 1 aromatic heterocycles. The lowest BCUT2D eigenvalue weighted by Gasteiger charge is -2.18. The van der Waals surface area contributed by atoms with E-state index in [1.807, 2.05) is 56.5 Å². The van der Waals surface area contributed by atoms with E-state index in [1.54, 1.807) is 4.90 Å². The lowest BCUT2D eigenvalue weighted by atomic mass is 10.1. The van der Waals surface area contributed by atoms with Gasteiger partial charge in [-0.25, -0.2) is 0 Å². The topological polar surface area (TPSA) is 80.1 Å². The number of nitrogens with one attached hydrogen (secondary N) is 1. The number of rotatable bonds is 9. The Hall–Kier alpha value is -2.35. The summed E-state index contributed by atoms with van der Waals surface area (Å²) >= 11 is 1.33. The maximum absolute atomic E-state index is 12.1. The van der Waals surface area contributed by atoms with Gasteiger partial charge in [0.2, 0.25) is 11.8 Å². The first-order valence-electron chi connectivity index (χ1n) is 9.18.